The molecule has 2 aromatic rings. The standard InChI is InChI=1S/C19H25N3O3/c1-16-5-2-6-17(13-16)25-15-19(24)8-12-21(14-19)18(23)7-3-10-22-11-4-9-20-22/h2,4-6,9,11,13,24H,3,7-8,10,12,14-15H2,1H3/t19-/m0/s1. The van der Waals surface area contributed by atoms with Crippen LogP contribution in [0.5, 0.6) is 5.75 Å². The van der Waals surface area contributed by atoms with Crippen molar-refractivity contribution >= 4 is 5.91 Å². The van der Waals surface area contributed by atoms with Crippen LogP contribution in [0.25, 0.3) is 0 Å². The van der Waals surface area contributed by atoms with E-state index in [2.05, 4.69) is 5.10 Å². The molecule has 1 atom stereocenters. The van der Waals surface area contributed by atoms with Gasteiger partial charge in [-0.1, -0.05) is 12.1 Å². The first-order valence-electron chi connectivity index (χ1n) is 8.71. The summed E-state index contributed by atoms with van der Waals surface area (Å²) in [5.41, 5.74) is 0.145. The molecule has 0 aliphatic carbocycles. The summed E-state index contributed by atoms with van der Waals surface area (Å²) in [6, 6.07) is 9.62. The highest BCUT2D eigenvalue weighted by molar-refractivity contribution is 5.76. The van der Waals surface area contributed by atoms with Crippen molar-refractivity contribution in [2.24, 2.45) is 0 Å². The van der Waals surface area contributed by atoms with E-state index < -0.39 is 5.60 Å². The van der Waals surface area contributed by atoms with Crippen molar-refractivity contribution in [3.05, 3.63) is 48.3 Å². The Morgan fingerprint density at radius 1 is 1.40 bits per heavy atom. The summed E-state index contributed by atoms with van der Waals surface area (Å²) in [5.74, 6) is 0.830. The number of benzene rings is 1. The largest absolute Gasteiger partial charge is 0.491 e. The van der Waals surface area contributed by atoms with Gasteiger partial charge >= 0.3 is 0 Å². The van der Waals surface area contributed by atoms with E-state index in [9.17, 15) is 9.90 Å². The Hall–Kier alpha value is -2.34. The number of β-amino-alcohol motifs (C(OH)–C–C–N with tert-alkyl or cyclic N) is 1. The summed E-state index contributed by atoms with van der Waals surface area (Å²) >= 11 is 0. The molecule has 0 bridgehead atoms. The number of ether oxygens (including phenoxy) is 1. The molecule has 3 rings (SSSR count). The van der Waals surface area contributed by atoms with E-state index in [1.165, 1.54) is 0 Å². The van der Waals surface area contributed by atoms with Crippen molar-refractivity contribution in [1.29, 1.82) is 0 Å². The lowest BCUT2D eigenvalue weighted by atomic mass is 10.1. The molecule has 6 nitrogen and oxygen atoms in total. The Labute approximate surface area is 148 Å². The molecule has 1 aliphatic rings. The van der Waals surface area contributed by atoms with E-state index in [1.54, 1.807) is 11.1 Å². The second kappa shape index (κ2) is 7.70. The number of aromatic nitrogens is 2. The summed E-state index contributed by atoms with van der Waals surface area (Å²) in [6.07, 6.45) is 5.38. The number of nitrogens with zero attached hydrogens (tertiary/aromatic N) is 3. The van der Waals surface area contributed by atoms with E-state index in [4.69, 9.17) is 4.74 Å². The maximum atomic E-state index is 12.3. The Morgan fingerprint density at radius 2 is 2.28 bits per heavy atom. The van der Waals surface area contributed by atoms with Crippen LogP contribution in [0.3, 0.4) is 0 Å². The van der Waals surface area contributed by atoms with Crippen LogP contribution in [-0.2, 0) is 11.3 Å². The Kier molecular flexibility index (Phi) is 5.38. The number of carbonyl (C=O) groups excluding carboxylic acids is 1. The molecule has 1 fully saturated rings. The van der Waals surface area contributed by atoms with Crippen molar-refractivity contribution in [1.82, 2.24) is 14.7 Å². The molecule has 1 N–H and O–H groups in total. The minimum absolute atomic E-state index is 0.0821. The van der Waals surface area contributed by atoms with Crippen LogP contribution in [0.4, 0.5) is 0 Å². The summed E-state index contributed by atoms with van der Waals surface area (Å²) in [6.45, 7) is 3.84. The van der Waals surface area contributed by atoms with Gasteiger partial charge in [0.15, 0.2) is 0 Å². The molecule has 0 saturated carbocycles. The highest BCUT2D eigenvalue weighted by Gasteiger charge is 2.38. The smallest absolute Gasteiger partial charge is 0.222 e. The molecular formula is C19H25N3O3. The maximum absolute atomic E-state index is 12.3. The monoisotopic (exact) mass is 343 g/mol. The number of rotatable bonds is 7. The van der Waals surface area contributed by atoms with E-state index in [1.807, 2.05) is 48.1 Å². The zero-order valence-electron chi connectivity index (χ0n) is 14.6. The summed E-state index contributed by atoms with van der Waals surface area (Å²) in [4.78, 5) is 14.1. The van der Waals surface area contributed by atoms with Crippen molar-refractivity contribution in [3.8, 4) is 5.75 Å². The van der Waals surface area contributed by atoms with Gasteiger partial charge in [0.2, 0.25) is 5.91 Å². The zero-order chi connectivity index (χ0) is 17.7. The van der Waals surface area contributed by atoms with Gasteiger partial charge in [-0.05, 0) is 43.5 Å². The number of carbonyl (C=O) groups is 1. The second-order valence-electron chi connectivity index (χ2n) is 6.77. The molecule has 1 aliphatic heterocycles. The average Bonchev–Trinajstić information content (AvgIpc) is 3.23. The summed E-state index contributed by atoms with van der Waals surface area (Å²) in [5, 5.41) is 14.8. The highest BCUT2D eigenvalue weighted by Crippen LogP contribution is 2.24. The molecule has 1 amide bonds. The lowest BCUT2D eigenvalue weighted by molar-refractivity contribution is -0.131. The van der Waals surface area contributed by atoms with Crippen LogP contribution in [0.2, 0.25) is 0 Å². The van der Waals surface area contributed by atoms with Crippen LogP contribution < -0.4 is 4.74 Å². The number of amides is 1. The first-order chi connectivity index (χ1) is 12.0. The minimum atomic E-state index is -0.971. The van der Waals surface area contributed by atoms with Gasteiger partial charge in [0.1, 0.15) is 18.0 Å². The highest BCUT2D eigenvalue weighted by atomic mass is 16.5. The first kappa shape index (κ1) is 17.5. The van der Waals surface area contributed by atoms with E-state index >= 15 is 0 Å². The van der Waals surface area contributed by atoms with Gasteiger partial charge in [0.25, 0.3) is 0 Å². The molecule has 2 heterocycles. The third kappa shape index (κ3) is 4.82. The van der Waals surface area contributed by atoms with Gasteiger partial charge in [-0.2, -0.15) is 5.10 Å². The number of hydrogen-bond acceptors (Lipinski definition) is 4. The Morgan fingerprint density at radius 3 is 3.04 bits per heavy atom. The van der Waals surface area contributed by atoms with Crippen molar-refractivity contribution in [2.75, 3.05) is 19.7 Å². The van der Waals surface area contributed by atoms with Gasteiger partial charge < -0.3 is 14.7 Å². The van der Waals surface area contributed by atoms with E-state index in [-0.39, 0.29) is 12.5 Å². The predicted octanol–water partition coefficient (Wildman–Crippen LogP) is 2.01. The molecule has 6 heteroatoms. The molecule has 0 unspecified atom stereocenters. The van der Waals surface area contributed by atoms with Gasteiger partial charge in [-0.25, -0.2) is 0 Å². The molecular weight excluding hydrogens is 318 g/mol. The molecule has 25 heavy (non-hydrogen) atoms. The SMILES string of the molecule is Cc1cccc(OC[C@]2(O)CCN(C(=O)CCCn3cccn3)C2)c1. The minimum Gasteiger partial charge on any atom is -0.491 e. The van der Waals surface area contributed by atoms with Gasteiger partial charge in [0, 0.05) is 31.9 Å². The van der Waals surface area contributed by atoms with Gasteiger partial charge in [0.05, 0.1) is 6.54 Å². The number of aryl methyl sites for hydroxylation is 2. The van der Waals surface area contributed by atoms with E-state index in [0.717, 1.165) is 24.3 Å². The molecule has 134 valence electrons. The Bertz CT molecular complexity index is 702. The quantitative estimate of drug-likeness (QED) is 0.835. The fourth-order valence-electron chi connectivity index (χ4n) is 3.09. The second-order valence-corrected chi connectivity index (χ2v) is 6.77. The summed E-state index contributed by atoms with van der Waals surface area (Å²) in [7, 11) is 0. The fourth-order valence-corrected chi connectivity index (χ4v) is 3.09. The zero-order valence-corrected chi connectivity index (χ0v) is 14.6. The molecule has 0 radical (unpaired) electrons. The number of aliphatic hydroxyl groups is 1. The summed E-state index contributed by atoms with van der Waals surface area (Å²) < 4.78 is 7.56. The first-order valence-corrected chi connectivity index (χ1v) is 8.71. The van der Waals surface area contributed by atoms with Crippen LogP contribution in [-0.4, -0.2) is 51.0 Å². The third-order valence-electron chi connectivity index (χ3n) is 4.52. The molecule has 0 spiro atoms. The molecule has 1 aromatic heterocycles. The topological polar surface area (TPSA) is 67.6 Å². The predicted molar refractivity (Wildman–Crippen MR) is 94.3 cm³/mol. The Balaban J connectivity index is 1.44. The van der Waals surface area contributed by atoms with Gasteiger partial charge in [-0.15, -0.1) is 0 Å². The maximum Gasteiger partial charge on any atom is 0.222 e. The van der Waals surface area contributed by atoms with Crippen molar-refractivity contribution < 1.29 is 14.6 Å². The number of likely N-dealkylation sites (tertiary alicyclic amines) is 1. The normalized spacial score (nSPS) is 20.0. The average molecular weight is 343 g/mol. The van der Waals surface area contributed by atoms with Crippen molar-refractivity contribution in [3.63, 3.8) is 0 Å². The fraction of sp³-hybridized carbons (Fsp3) is 0.474. The van der Waals surface area contributed by atoms with Crippen LogP contribution in [0, 0.1) is 6.92 Å². The molecule has 1 aromatic carbocycles. The van der Waals surface area contributed by atoms with Crippen LogP contribution in [0.1, 0.15) is 24.8 Å². The lowest BCUT2D eigenvalue weighted by Crippen LogP contribution is -2.40. The van der Waals surface area contributed by atoms with Crippen LogP contribution >= 0.6 is 0 Å². The molecule has 1 saturated heterocycles. The van der Waals surface area contributed by atoms with Crippen LogP contribution in [0.15, 0.2) is 42.7 Å². The number of hydrogen-bond donors (Lipinski definition) is 1. The third-order valence-corrected chi connectivity index (χ3v) is 4.52. The lowest BCUT2D eigenvalue weighted by Gasteiger charge is -2.23. The van der Waals surface area contributed by atoms with Crippen molar-refractivity contribution in [2.45, 2.75) is 38.3 Å². The van der Waals surface area contributed by atoms with E-state index in [0.29, 0.717) is 25.9 Å². The van der Waals surface area contributed by atoms with Gasteiger partial charge in [-0.3, -0.25) is 9.48 Å².